The average Bonchev–Trinajstić information content (AvgIpc) is 2.37. The summed E-state index contributed by atoms with van der Waals surface area (Å²) in [4.78, 5) is 14.1. The summed E-state index contributed by atoms with van der Waals surface area (Å²) in [5.41, 5.74) is 7.17. The van der Waals surface area contributed by atoms with E-state index in [1.807, 2.05) is 11.9 Å². The zero-order valence-electron chi connectivity index (χ0n) is 12.8. The van der Waals surface area contributed by atoms with Crippen LogP contribution in [-0.4, -0.2) is 25.2 Å². The molecule has 5 heteroatoms. The Morgan fingerprint density at radius 3 is 2.50 bits per heavy atom. The Labute approximate surface area is 125 Å². The second-order valence-electron chi connectivity index (χ2n) is 5.34. The smallest absolute Gasteiger partial charge is 0.340 e. The quantitative estimate of drug-likeness (QED) is 0.665. The third-order valence-electron chi connectivity index (χ3n) is 3.69. The average molecular weight is 299 g/mol. The Morgan fingerprint density at radius 2 is 2.00 bits per heavy atom. The van der Waals surface area contributed by atoms with Gasteiger partial charge in [0.2, 0.25) is 0 Å². The molecule has 0 aromatic heterocycles. The van der Waals surface area contributed by atoms with Crippen LogP contribution in [0.15, 0.2) is 12.1 Å². The molecule has 0 fully saturated rings. The lowest BCUT2D eigenvalue weighted by Gasteiger charge is -2.38. The van der Waals surface area contributed by atoms with E-state index in [0.29, 0.717) is 28.6 Å². The Kier molecular flexibility index (Phi) is 5.28. The number of carbonyl (C=O) groups is 1. The third kappa shape index (κ3) is 3.37. The maximum Gasteiger partial charge on any atom is 0.340 e. The van der Waals surface area contributed by atoms with E-state index in [2.05, 4.69) is 20.8 Å². The van der Waals surface area contributed by atoms with Gasteiger partial charge in [0, 0.05) is 18.3 Å². The van der Waals surface area contributed by atoms with E-state index in [0.717, 1.165) is 6.42 Å². The van der Waals surface area contributed by atoms with Crippen LogP contribution in [0.2, 0.25) is 5.02 Å². The number of halogens is 1. The van der Waals surface area contributed by atoms with Crippen LogP contribution in [0.4, 0.5) is 11.4 Å². The van der Waals surface area contributed by atoms with Crippen molar-refractivity contribution >= 4 is 28.9 Å². The van der Waals surface area contributed by atoms with Gasteiger partial charge in [-0.15, -0.1) is 0 Å². The molecule has 0 aliphatic rings. The molecule has 2 N–H and O–H groups in total. The van der Waals surface area contributed by atoms with E-state index in [1.54, 1.807) is 19.1 Å². The minimum Gasteiger partial charge on any atom is -0.462 e. The van der Waals surface area contributed by atoms with Gasteiger partial charge in [-0.3, -0.25) is 0 Å². The lowest BCUT2D eigenvalue weighted by Crippen LogP contribution is -2.41. The Bertz CT molecular complexity index is 501. The Hall–Kier alpha value is -1.42. The normalized spacial score (nSPS) is 11.3. The third-order valence-corrected chi connectivity index (χ3v) is 3.98. The molecule has 0 aliphatic heterocycles. The van der Waals surface area contributed by atoms with E-state index in [1.165, 1.54) is 0 Å². The number of carbonyl (C=O) groups excluding carboxylic acids is 1. The molecular formula is C15H23ClN2O2. The van der Waals surface area contributed by atoms with Gasteiger partial charge in [0.15, 0.2) is 0 Å². The second kappa shape index (κ2) is 6.35. The van der Waals surface area contributed by atoms with E-state index in [9.17, 15) is 4.79 Å². The summed E-state index contributed by atoms with van der Waals surface area (Å²) < 4.78 is 5.10. The molecular weight excluding hydrogens is 276 g/mol. The predicted octanol–water partition coefficient (Wildman–Crippen LogP) is 3.72. The number of hydrogen-bond acceptors (Lipinski definition) is 4. The van der Waals surface area contributed by atoms with Crippen molar-refractivity contribution in [3.63, 3.8) is 0 Å². The fourth-order valence-electron chi connectivity index (χ4n) is 1.87. The molecule has 0 aliphatic carbocycles. The molecule has 0 saturated heterocycles. The van der Waals surface area contributed by atoms with Gasteiger partial charge in [-0.05, 0) is 39.3 Å². The van der Waals surface area contributed by atoms with Crippen LogP contribution >= 0.6 is 11.6 Å². The lowest BCUT2D eigenvalue weighted by atomic mass is 9.97. The van der Waals surface area contributed by atoms with Crippen molar-refractivity contribution in [3.8, 4) is 0 Å². The number of nitrogens with two attached hydrogens (primary N) is 1. The van der Waals surface area contributed by atoms with E-state index < -0.39 is 5.97 Å². The molecule has 0 saturated carbocycles. The summed E-state index contributed by atoms with van der Waals surface area (Å²) in [5.74, 6) is -0.407. The van der Waals surface area contributed by atoms with Crippen LogP contribution in [0.1, 0.15) is 44.5 Å². The topological polar surface area (TPSA) is 55.6 Å². The molecule has 1 aromatic carbocycles. The fourth-order valence-corrected chi connectivity index (χ4v) is 2.22. The van der Waals surface area contributed by atoms with E-state index in [4.69, 9.17) is 22.1 Å². The standard InChI is InChI=1S/C15H23ClN2O2/c1-6-15(3,4)18(5)13-11(14(19)20-7-2)8-10(17)9-12(13)16/h8-9H,6-7,17H2,1-5H3. The number of nitrogen functional groups attached to an aromatic ring is 1. The van der Waals surface area contributed by atoms with Gasteiger partial charge in [0.05, 0.1) is 22.9 Å². The molecule has 0 spiro atoms. The van der Waals surface area contributed by atoms with Crippen LogP contribution in [0, 0.1) is 0 Å². The number of esters is 1. The Morgan fingerprint density at radius 1 is 1.40 bits per heavy atom. The van der Waals surface area contributed by atoms with E-state index in [-0.39, 0.29) is 5.54 Å². The molecule has 20 heavy (non-hydrogen) atoms. The summed E-state index contributed by atoms with van der Waals surface area (Å²) in [6, 6.07) is 3.27. The second-order valence-corrected chi connectivity index (χ2v) is 5.75. The summed E-state index contributed by atoms with van der Waals surface area (Å²) in [6.07, 6.45) is 0.909. The minimum atomic E-state index is -0.407. The number of rotatable bonds is 5. The molecule has 0 atom stereocenters. The first kappa shape index (κ1) is 16.6. The van der Waals surface area contributed by atoms with Crippen molar-refractivity contribution in [1.82, 2.24) is 0 Å². The molecule has 0 bridgehead atoms. The fraction of sp³-hybridized carbons (Fsp3) is 0.533. The van der Waals surface area contributed by atoms with Crippen molar-refractivity contribution in [2.24, 2.45) is 0 Å². The summed E-state index contributed by atoms with van der Waals surface area (Å²) >= 11 is 6.31. The molecule has 0 radical (unpaired) electrons. The van der Waals surface area contributed by atoms with Crippen molar-refractivity contribution < 1.29 is 9.53 Å². The van der Waals surface area contributed by atoms with Crippen LogP contribution in [0.25, 0.3) is 0 Å². The highest BCUT2D eigenvalue weighted by Crippen LogP contribution is 2.36. The van der Waals surface area contributed by atoms with Crippen molar-refractivity contribution in [2.45, 2.75) is 39.7 Å². The zero-order chi connectivity index (χ0) is 15.5. The van der Waals surface area contributed by atoms with Crippen molar-refractivity contribution in [2.75, 3.05) is 24.3 Å². The summed E-state index contributed by atoms with van der Waals surface area (Å²) in [7, 11) is 1.92. The van der Waals surface area contributed by atoms with Gasteiger partial charge in [-0.1, -0.05) is 18.5 Å². The Balaban J connectivity index is 3.40. The molecule has 112 valence electrons. The van der Waals surface area contributed by atoms with Crippen LogP contribution < -0.4 is 10.6 Å². The van der Waals surface area contributed by atoms with E-state index >= 15 is 0 Å². The highest BCUT2D eigenvalue weighted by molar-refractivity contribution is 6.34. The van der Waals surface area contributed by atoms with Gasteiger partial charge in [-0.25, -0.2) is 4.79 Å². The van der Waals surface area contributed by atoms with Gasteiger partial charge in [0.1, 0.15) is 0 Å². The first-order chi connectivity index (χ1) is 9.24. The van der Waals surface area contributed by atoms with Crippen molar-refractivity contribution in [3.05, 3.63) is 22.7 Å². The highest BCUT2D eigenvalue weighted by Gasteiger charge is 2.28. The summed E-state index contributed by atoms with van der Waals surface area (Å²) in [5, 5.41) is 0.456. The van der Waals surface area contributed by atoms with Gasteiger partial charge >= 0.3 is 5.97 Å². The number of benzene rings is 1. The number of anilines is 2. The number of nitrogens with zero attached hydrogens (tertiary/aromatic N) is 1. The monoisotopic (exact) mass is 298 g/mol. The molecule has 0 amide bonds. The minimum absolute atomic E-state index is 0.138. The molecule has 4 nitrogen and oxygen atoms in total. The lowest BCUT2D eigenvalue weighted by molar-refractivity contribution is 0.0527. The first-order valence-electron chi connectivity index (χ1n) is 6.74. The van der Waals surface area contributed by atoms with Crippen LogP contribution in [-0.2, 0) is 4.74 Å². The zero-order valence-corrected chi connectivity index (χ0v) is 13.5. The maximum atomic E-state index is 12.1. The SMILES string of the molecule is CCOC(=O)c1cc(N)cc(Cl)c1N(C)C(C)(C)CC. The predicted molar refractivity (Wildman–Crippen MR) is 84.6 cm³/mol. The van der Waals surface area contributed by atoms with Gasteiger partial charge < -0.3 is 15.4 Å². The maximum absolute atomic E-state index is 12.1. The first-order valence-corrected chi connectivity index (χ1v) is 7.12. The molecule has 0 heterocycles. The van der Waals surface area contributed by atoms with Gasteiger partial charge in [0.25, 0.3) is 0 Å². The van der Waals surface area contributed by atoms with Crippen molar-refractivity contribution in [1.29, 1.82) is 0 Å². The molecule has 1 aromatic rings. The molecule has 1 rings (SSSR count). The van der Waals surface area contributed by atoms with Crippen LogP contribution in [0.3, 0.4) is 0 Å². The van der Waals surface area contributed by atoms with Crippen LogP contribution in [0.5, 0.6) is 0 Å². The largest absolute Gasteiger partial charge is 0.462 e. The highest BCUT2D eigenvalue weighted by atomic mass is 35.5. The summed E-state index contributed by atoms with van der Waals surface area (Å²) in [6.45, 7) is 8.35. The number of hydrogen-bond donors (Lipinski definition) is 1. The van der Waals surface area contributed by atoms with Gasteiger partial charge in [-0.2, -0.15) is 0 Å². The molecule has 0 unspecified atom stereocenters. The number of ether oxygens (including phenoxy) is 1.